The Morgan fingerprint density at radius 1 is 1.04 bits per heavy atom. The number of rotatable bonds is 9. The number of hydrogen-bond donors (Lipinski definition) is 1. The summed E-state index contributed by atoms with van der Waals surface area (Å²) in [5.41, 5.74) is 8.11. The summed E-state index contributed by atoms with van der Waals surface area (Å²) in [5, 5.41) is 0. The van der Waals surface area contributed by atoms with Gasteiger partial charge in [0, 0.05) is 24.4 Å². The molecular weight excluding hydrogens is 324 g/mol. The maximum atomic E-state index is 11.2. The van der Waals surface area contributed by atoms with Crippen LogP contribution in [0.1, 0.15) is 26.3 Å². The first-order chi connectivity index (χ1) is 12.5. The quantitative estimate of drug-likeness (QED) is 0.692. The van der Waals surface area contributed by atoms with Gasteiger partial charge in [0.15, 0.2) is 0 Å². The number of carbonyl (C=O) groups is 1. The van der Waals surface area contributed by atoms with Gasteiger partial charge in [-0.3, -0.25) is 4.79 Å². The standard InChI is InChI=1S/C22H27N2O2/c1-17(2)15-24(14-13-18(3)22(23)25)20-9-11-21(12-10-20)26-16-19-7-5-4-6-8-19/h4-13H,14-16H2,1-3H3,(H2,23,25). The zero-order valence-electron chi connectivity index (χ0n) is 15.7. The lowest BCUT2D eigenvalue weighted by Crippen LogP contribution is -2.27. The van der Waals surface area contributed by atoms with Crippen LogP contribution in [0.5, 0.6) is 5.75 Å². The summed E-state index contributed by atoms with van der Waals surface area (Å²) >= 11 is 0. The van der Waals surface area contributed by atoms with Gasteiger partial charge in [-0.15, -0.1) is 0 Å². The van der Waals surface area contributed by atoms with Gasteiger partial charge in [-0.1, -0.05) is 50.3 Å². The lowest BCUT2D eigenvalue weighted by atomic mass is 10.1. The van der Waals surface area contributed by atoms with Crippen molar-refractivity contribution in [3.8, 4) is 5.75 Å². The SMILES string of the molecule is C[C](C)CN(CC=C(C)C(N)=O)c1ccc(OCc2ccccc2)cc1. The van der Waals surface area contributed by atoms with Gasteiger partial charge in [-0.25, -0.2) is 0 Å². The first kappa shape index (κ1) is 19.6. The molecule has 0 aliphatic heterocycles. The van der Waals surface area contributed by atoms with Crippen LogP contribution in [0.2, 0.25) is 0 Å². The molecule has 2 aromatic rings. The maximum absolute atomic E-state index is 11.2. The van der Waals surface area contributed by atoms with Crippen LogP contribution in [0.4, 0.5) is 5.69 Å². The van der Waals surface area contributed by atoms with E-state index in [0.717, 1.165) is 23.5 Å². The Bertz CT molecular complexity index is 722. The van der Waals surface area contributed by atoms with Gasteiger partial charge in [0.1, 0.15) is 12.4 Å². The van der Waals surface area contributed by atoms with Gasteiger partial charge < -0.3 is 15.4 Å². The molecule has 0 heterocycles. The summed E-state index contributed by atoms with van der Waals surface area (Å²) in [7, 11) is 0. The molecule has 0 fully saturated rings. The molecule has 2 rings (SSSR count). The largest absolute Gasteiger partial charge is 0.489 e. The molecule has 2 aromatic carbocycles. The second-order valence-electron chi connectivity index (χ2n) is 6.61. The molecular formula is C22H27N2O2. The first-order valence-electron chi connectivity index (χ1n) is 8.73. The predicted octanol–water partition coefficient (Wildman–Crippen LogP) is 4.12. The van der Waals surface area contributed by atoms with Crippen molar-refractivity contribution in [1.82, 2.24) is 0 Å². The molecule has 2 N–H and O–H groups in total. The van der Waals surface area contributed by atoms with Crippen LogP contribution in [0, 0.1) is 5.92 Å². The number of benzene rings is 2. The minimum absolute atomic E-state index is 0.383. The number of amides is 1. The molecule has 4 nitrogen and oxygen atoms in total. The molecule has 0 saturated heterocycles. The molecule has 0 aliphatic rings. The number of nitrogens with zero attached hydrogens (tertiary/aromatic N) is 1. The summed E-state index contributed by atoms with van der Waals surface area (Å²) < 4.78 is 5.84. The summed E-state index contributed by atoms with van der Waals surface area (Å²) in [4.78, 5) is 13.4. The topological polar surface area (TPSA) is 55.6 Å². The fourth-order valence-corrected chi connectivity index (χ4v) is 2.48. The van der Waals surface area contributed by atoms with E-state index in [-0.39, 0.29) is 5.91 Å². The highest BCUT2D eigenvalue weighted by molar-refractivity contribution is 5.91. The van der Waals surface area contributed by atoms with Crippen molar-refractivity contribution in [2.75, 3.05) is 18.0 Å². The number of hydrogen-bond acceptors (Lipinski definition) is 3. The second-order valence-corrected chi connectivity index (χ2v) is 6.61. The van der Waals surface area contributed by atoms with E-state index in [1.807, 2.05) is 60.7 Å². The van der Waals surface area contributed by atoms with Gasteiger partial charge in [0.25, 0.3) is 0 Å². The Morgan fingerprint density at radius 2 is 1.69 bits per heavy atom. The highest BCUT2D eigenvalue weighted by atomic mass is 16.5. The fourth-order valence-electron chi connectivity index (χ4n) is 2.48. The highest BCUT2D eigenvalue weighted by Crippen LogP contribution is 2.22. The van der Waals surface area contributed by atoms with Crippen LogP contribution in [-0.2, 0) is 11.4 Å². The van der Waals surface area contributed by atoms with Crippen LogP contribution in [0.15, 0.2) is 66.2 Å². The molecule has 1 radical (unpaired) electrons. The Morgan fingerprint density at radius 3 is 2.27 bits per heavy atom. The molecule has 4 heteroatoms. The summed E-state index contributed by atoms with van der Waals surface area (Å²) in [6.07, 6.45) is 1.87. The van der Waals surface area contributed by atoms with Crippen molar-refractivity contribution in [3.63, 3.8) is 0 Å². The van der Waals surface area contributed by atoms with Crippen LogP contribution in [-0.4, -0.2) is 19.0 Å². The molecule has 0 aromatic heterocycles. The Balaban J connectivity index is 2.03. The van der Waals surface area contributed by atoms with Crippen molar-refractivity contribution in [1.29, 1.82) is 0 Å². The molecule has 0 bridgehead atoms. The van der Waals surface area contributed by atoms with Crippen LogP contribution in [0.25, 0.3) is 0 Å². The minimum Gasteiger partial charge on any atom is -0.489 e. The zero-order valence-corrected chi connectivity index (χ0v) is 15.7. The lowest BCUT2D eigenvalue weighted by molar-refractivity contribution is -0.114. The van der Waals surface area contributed by atoms with E-state index in [0.29, 0.717) is 18.7 Å². The average Bonchev–Trinajstić information content (AvgIpc) is 2.64. The van der Waals surface area contributed by atoms with Crippen LogP contribution < -0.4 is 15.4 Å². The van der Waals surface area contributed by atoms with Gasteiger partial charge in [0.2, 0.25) is 5.91 Å². The Labute approximate surface area is 156 Å². The number of carbonyl (C=O) groups excluding carboxylic acids is 1. The molecule has 137 valence electrons. The number of anilines is 1. The van der Waals surface area contributed by atoms with E-state index in [2.05, 4.69) is 18.7 Å². The lowest BCUT2D eigenvalue weighted by Gasteiger charge is -2.25. The van der Waals surface area contributed by atoms with Crippen molar-refractivity contribution >= 4 is 11.6 Å². The maximum Gasteiger partial charge on any atom is 0.244 e. The molecule has 26 heavy (non-hydrogen) atoms. The Kier molecular flexibility index (Phi) is 7.27. The van der Waals surface area contributed by atoms with Gasteiger partial charge >= 0.3 is 0 Å². The average molecular weight is 351 g/mol. The van der Waals surface area contributed by atoms with E-state index in [1.54, 1.807) is 6.92 Å². The Hall–Kier alpha value is -2.75. The smallest absolute Gasteiger partial charge is 0.244 e. The van der Waals surface area contributed by atoms with E-state index in [1.165, 1.54) is 5.92 Å². The third-order valence-corrected chi connectivity index (χ3v) is 3.96. The highest BCUT2D eigenvalue weighted by Gasteiger charge is 2.09. The third-order valence-electron chi connectivity index (χ3n) is 3.96. The van der Waals surface area contributed by atoms with Crippen molar-refractivity contribution in [2.45, 2.75) is 27.4 Å². The molecule has 0 saturated carbocycles. The van der Waals surface area contributed by atoms with E-state index >= 15 is 0 Å². The summed E-state index contributed by atoms with van der Waals surface area (Å²) in [6.45, 7) is 7.91. The van der Waals surface area contributed by atoms with Gasteiger partial charge in [-0.05, 0) is 42.7 Å². The van der Waals surface area contributed by atoms with E-state index < -0.39 is 0 Å². The molecule has 0 spiro atoms. The number of ether oxygens (including phenoxy) is 1. The van der Waals surface area contributed by atoms with Gasteiger partial charge in [0.05, 0.1) is 0 Å². The molecule has 0 aliphatic carbocycles. The van der Waals surface area contributed by atoms with E-state index in [9.17, 15) is 4.79 Å². The third kappa shape index (κ3) is 6.28. The monoisotopic (exact) mass is 351 g/mol. The number of nitrogens with two attached hydrogens (primary N) is 1. The summed E-state index contributed by atoms with van der Waals surface area (Å²) in [5.74, 6) is 1.74. The van der Waals surface area contributed by atoms with E-state index in [4.69, 9.17) is 10.5 Å². The first-order valence-corrected chi connectivity index (χ1v) is 8.73. The summed E-state index contributed by atoms with van der Waals surface area (Å²) in [6, 6.07) is 18.1. The molecule has 0 unspecified atom stereocenters. The zero-order chi connectivity index (χ0) is 18.9. The van der Waals surface area contributed by atoms with Crippen molar-refractivity contribution in [2.24, 2.45) is 5.73 Å². The van der Waals surface area contributed by atoms with Crippen LogP contribution in [0.3, 0.4) is 0 Å². The normalized spacial score (nSPS) is 11.5. The predicted molar refractivity (Wildman–Crippen MR) is 107 cm³/mol. The minimum atomic E-state index is -0.383. The van der Waals surface area contributed by atoms with Gasteiger partial charge in [-0.2, -0.15) is 0 Å². The number of primary amides is 1. The molecule has 0 atom stereocenters. The fraction of sp³-hybridized carbons (Fsp3) is 0.273. The molecule has 1 amide bonds. The van der Waals surface area contributed by atoms with Crippen LogP contribution >= 0.6 is 0 Å². The van der Waals surface area contributed by atoms with Crippen molar-refractivity contribution in [3.05, 3.63) is 77.7 Å². The second kappa shape index (κ2) is 9.66. The van der Waals surface area contributed by atoms with Crippen molar-refractivity contribution < 1.29 is 9.53 Å².